The van der Waals surface area contributed by atoms with Crippen molar-refractivity contribution in [2.75, 3.05) is 18.2 Å². The Hall–Kier alpha value is -3.85. The van der Waals surface area contributed by atoms with Crippen molar-refractivity contribution in [2.45, 2.75) is 170 Å². The van der Waals surface area contributed by atoms with E-state index in [9.17, 15) is 40.2 Å². The van der Waals surface area contributed by atoms with Crippen molar-refractivity contribution in [3.05, 3.63) is 101 Å². The lowest BCUT2D eigenvalue weighted by atomic mass is 9.92. The second-order valence-electron chi connectivity index (χ2n) is 18.4. The molecule has 2 amide bonds. The third-order valence-electron chi connectivity index (χ3n) is 10.2. The number of carbonyl (C=O) groups excluding carboxylic acids is 4. The van der Waals surface area contributed by atoms with Crippen molar-refractivity contribution in [1.29, 1.82) is 0 Å². The van der Waals surface area contributed by atoms with Crippen LogP contribution in [0, 0.1) is 11.8 Å². The summed E-state index contributed by atoms with van der Waals surface area (Å²) in [6.07, 6.45) is 18.5. The van der Waals surface area contributed by atoms with E-state index in [4.69, 9.17) is 11.6 Å². The Morgan fingerprint density at radius 1 is 0.725 bits per heavy atom. The van der Waals surface area contributed by atoms with Crippen LogP contribution in [0.3, 0.4) is 0 Å². The van der Waals surface area contributed by atoms with Gasteiger partial charge in [-0.1, -0.05) is 103 Å². The topological polar surface area (TPSA) is 169 Å². The van der Waals surface area contributed by atoms with Crippen LogP contribution in [0.25, 0.3) is 6.08 Å². The van der Waals surface area contributed by atoms with E-state index < -0.39 is 29.2 Å². The Morgan fingerprint density at radius 3 is 1.48 bits per heavy atom. The lowest BCUT2D eigenvalue weighted by Gasteiger charge is -2.19. The Bertz CT molecular complexity index is 2170. The van der Waals surface area contributed by atoms with Crippen molar-refractivity contribution < 1.29 is 40.2 Å². The summed E-state index contributed by atoms with van der Waals surface area (Å²) in [7, 11) is -7.93. The van der Waals surface area contributed by atoms with Crippen LogP contribution in [0.1, 0.15) is 147 Å². The lowest BCUT2D eigenvalue weighted by Crippen LogP contribution is -2.32. The van der Waals surface area contributed by atoms with Crippen LogP contribution in [0.2, 0.25) is 0 Å². The number of alkyl halides is 1. The highest BCUT2D eigenvalue weighted by atomic mass is 35.5. The normalized spacial score (nSPS) is 15.1. The van der Waals surface area contributed by atoms with Crippen molar-refractivity contribution in [3.63, 3.8) is 0 Å². The Labute approximate surface area is 425 Å². The minimum absolute atomic E-state index is 0.0895. The maximum absolute atomic E-state index is 11.4. The van der Waals surface area contributed by atoms with Crippen LogP contribution in [0.4, 0.5) is 0 Å². The molecule has 1 N–H and O–H groups in total. The van der Waals surface area contributed by atoms with E-state index in [1.165, 1.54) is 36.2 Å². The average Bonchev–Trinajstić information content (AvgIpc) is 3.99. The summed E-state index contributed by atoms with van der Waals surface area (Å²) in [5.74, 6) is 4.88. The molecule has 0 saturated heterocycles. The number of halogens is 1. The summed E-state index contributed by atoms with van der Waals surface area (Å²) in [5, 5.41) is 4.79. The number of Topliss-reactive ketones (excluding diaryl/α,β-unsaturated/α-hetero) is 2. The number of rotatable bonds is 15. The van der Waals surface area contributed by atoms with Gasteiger partial charge in [0.2, 0.25) is 11.8 Å². The third-order valence-corrected chi connectivity index (χ3v) is 16.8. The van der Waals surface area contributed by atoms with Gasteiger partial charge in [-0.3, -0.25) is 23.4 Å². The molecule has 11 nitrogen and oxygen atoms in total. The monoisotopic (exact) mass is 1040 g/mol. The zero-order valence-corrected chi connectivity index (χ0v) is 47.7. The largest absolute Gasteiger partial charge is 0.350 e. The maximum atomic E-state index is 11.4. The Morgan fingerprint density at radius 2 is 1.22 bits per heavy atom. The first kappa shape index (κ1) is 69.4. The summed E-state index contributed by atoms with van der Waals surface area (Å²) in [6.45, 7) is 33.6. The number of amides is 2. The molecule has 15 heteroatoms. The molecule has 0 radical (unpaired) electrons. The van der Waals surface area contributed by atoms with E-state index in [1.807, 2.05) is 111 Å². The summed E-state index contributed by atoms with van der Waals surface area (Å²) in [4.78, 5) is 45.8. The van der Waals surface area contributed by atoms with Crippen LogP contribution in [-0.4, -0.2) is 101 Å². The van der Waals surface area contributed by atoms with Crippen LogP contribution in [0.5, 0.6) is 0 Å². The number of nitrogens with one attached hydrogen (secondary N) is 1. The SMILES string of the molecule is C=CC(=O)NC(C)C.C=CS(=C)(=O)C(C)C.CC(C)C(=O)C1=CCCC1.CC(C)C(=O)C1=CCCCC1.CC(C)N1CC=CC1=O.CC(C)S(=O)(=O)/C=C/c1ccccc1.CC(C)S(=O)(=O)CCCl. The highest BCUT2D eigenvalue weighted by Crippen LogP contribution is 2.21. The molecule has 1 aliphatic heterocycles. The van der Waals surface area contributed by atoms with Crippen molar-refractivity contribution in [1.82, 2.24) is 10.2 Å². The fourth-order valence-electron chi connectivity index (χ4n) is 5.39. The number of sulfone groups is 2. The Kier molecular flexibility index (Phi) is 37.2. The van der Waals surface area contributed by atoms with Gasteiger partial charge in [0.15, 0.2) is 31.2 Å². The average molecular weight is 1040 g/mol. The summed E-state index contributed by atoms with van der Waals surface area (Å²) in [5.41, 5.74) is 3.04. The molecule has 1 heterocycles. The van der Waals surface area contributed by atoms with Gasteiger partial charge < -0.3 is 10.2 Å². The molecule has 4 rings (SSSR count). The van der Waals surface area contributed by atoms with Gasteiger partial charge in [0, 0.05) is 53.1 Å². The molecule has 1 aromatic carbocycles. The summed E-state index contributed by atoms with van der Waals surface area (Å²) < 4.78 is 55.6. The first-order valence-corrected chi connectivity index (χ1v) is 29.7. The van der Waals surface area contributed by atoms with E-state index in [1.54, 1.807) is 39.8 Å². The van der Waals surface area contributed by atoms with Crippen molar-refractivity contribution in [2.24, 2.45) is 11.8 Å². The van der Waals surface area contributed by atoms with Crippen LogP contribution in [0.15, 0.2) is 95.8 Å². The molecule has 1 aromatic rings. The van der Waals surface area contributed by atoms with E-state index in [2.05, 4.69) is 36.5 Å². The molecule has 0 fully saturated rings. The van der Waals surface area contributed by atoms with Gasteiger partial charge in [-0.05, 0) is 150 Å². The smallest absolute Gasteiger partial charge is 0.246 e. The molecule has 69 heavy (non-hydrogen) atoms. The fourth-order valence-corrected chi connectivity index (χ4v) is 7.77. The van der Waals surface area contributed by atoms with Gasteiger partial charge in [-0.15, -0.1) is 11.6 Å². The van der Waals surface area contributed by atoms with Crippen LogP contribution >= 0.6 is 11.6 Å². The number of carbonyl (C=O) groups is 4. The highest BCUT2D eigenvalue weighted by molar-refractivity contribution is 8.03. The molecule has 0 aromatic heterocycles. The molecular weight excluding hydrogens is 952 g/mol. The lowest BCUT2D eigenvalue weighted by molar-refractivity contribution is -0.126. The number of hydrogen-bond acceptors (Lipinski definition) is 9. The van der Waals surface area contributed by atoms with Gasteiger partial charge in [0.1, 0.15) is 0 Å². The number of nitrogens with zero attached hydrogens (tertiary/aromatic N) is 1. The molecule has 0 saturated carbocycles. The second-order valence-corrected chi connectivity index (χ2v) is 26.7. The Balaban J connectivity index is -0.000000744. The molecule has 3 aliphatic rings. The van der Waals surface area contributed by atoms with Crippen molar-refractivity contribution in [3.8, 4) is 0 Å². The van der Waals surface area contributed by atoms with Gasteiger partial charge >= 0.3 is 0 Å². The fraction of sp³-hybridized carbons (Fsp3) is 0.574. The van der Waals surface area contributed by atoms with Gasteiger partial charge in [0.25, 0.3) is 0 Å². The van der Waals surface area contributed by atoms with E-state index in [0.29, 0.717) is 17.6 Å². The molecule has 0 spiro atoms. The van der Waals surface area contributed by atoms with Crippen molar-refractivity contribution >= 4 is 76.1 Å². The summed E-state index contributed by atoms with van der Waals surface area (Å²) >= 11 is 5.25. The zero-order chi connectivity index (χ0) is 54.1. The minimum atomic E-state index is -3.08. The predicted octanol–water partition coefficient (Wildman–Crippen LogP) is 11.3. The standard InChI is InChI=1S/C11H14O2S.C10H16O.C9H14O.C7H11NO.C6H11NO.C6H12OS.C5H11ClO2S/c1-10(2)14(12,13)9-8-11-6-4-3-5-7-11;1-8(2)10(11)9-6-4-3-5-7-9;1-7(2)9(10)8-5-3-4-6-8;1-6(2)8-5-3-4-7(8)9;1-4-6(8)7-5(2)3;1-5-8(4,7)6(2)3;1-5(2)9(7,8)4-3-6/h3-10H,1-2H3;6,8H,3-5,7H2,1-2H3;5,7H,3-4,6H2,1-2H3;3-4,6H,5H2,1-2H3;4-5H,1H2,2-3H3,(H,7,8);5-6H,1,4H2,2-3H3;5H,3-4H2,1-2H3/b9-8+;;;;;;. The highest BCUT2D eigenvalue weighted by Gasteiger charge is 2.18. The predicted molar refractivity (Wildman–Crippen MR) is 297 cm³/mol. The van der Waals surface area contributed by atoms with E-state index in [0.717, 1.165) is 48.9 Å². The van der Waals surface area contributed by atoms with Crippen LogP contribution < -0.4 is 5.32 Å². The minimum Gasteiger partial charge on any atom is -0.350 e. The van der Waals surface area contributed by atoms with Crippen LogP contribution in [-0.2, 0) is 48.4 Å². The third kappa shape index (κ3) is 33.4. The molecule has 2 aliphatic carbocycles. The van der Waals surface area contributed by atoms with Gasteiger partial charge in [0.05, 0.1) is 16.3 Å². The maximum Gasteiger partial charge on any atom is 0.246 e. The van der Waals surface area contributed by atoms with E-state index in [-0.39, 0.29) is 57.1 Å². The summed E-state index contributed by atoms with van der Waals surface area (Å²) in [6, 6.07) is 9.93. The molecule has 1 atom stereocenters. The van der Waals surface area contributed by atoms with E-state index >= 15 is 0 Å². The molecule has 0 bridgehead atoms. The molecule has 394 valence electrons. The zero-order valence-electron chi connectivity index (χ0n) is 44.5. The quantitative estimate of drug-likeness (QED) is 0.102. The second kappa shape index (κ2) is 37.0. The van der Waals surface area contributed by atoms with Gasteiger partial charge in [-0.25, -0.2) is 16.8 Å². The first-order valence-electron chi connectivity index (χ1n) is 23.9. The number of ketones is 2. The molecular formula is C54H89ClN2O9S3. The molecule has 1 unspecified atom stereocenters. The first-order chi connectivity index (χ1) is 31.8. The number of benzene rings is 1. The number of allylic oxidation sites excluding steroid dienone is 4. The van der Waals surface area contributed by atoms with Gasteiger partial charge in [-0.2, -0.15) is 0 Å². The number of hydrogen-bond donors (Lipinski definition) is 1.